The van der Waals surface area contributed by atoms with E-state index < -0.39 is 30.1 Å². The lowest BCUT2D eigenvalue weighted by atomic mass is 9.75. The van der Waals surface area contributed by atoms with E-state index in [0.717, 1.165) is 0 Å². The van der Waals surface area contributed by atoms with E-state index >= 15 is 0 Å². The molecule has 4 nitrogen and oxygen atoms in total. The van der Waals surface area contributed by atoms with Crippen LogP contribution in [-0.4, -0.2) is 23.3 Å². The van der Waals surface area contributed by atoms with E-state index in [4.69, 9.17) is 14.6 Å². The van der Waals surface area contributed by atoms with Crippen LogP contribution in [0.4, 0.5) is 4.39 Å². The minimum atomic E-state index is -0.848. The van der Waals surface area contributed by atoms with E-state index in [2.05, 4.69) is 11.1 Å². The van der Waals surface area contributed by atoms with E-state index in [-0.39, 0.29) is 5.46 Å². The lowest BCUT2D eigenvalue weighted by Gasteiger charge is -2.32. The molecule has 0 amide bonds. The highest BCUT2D eigenvalue weighted by Gasteiger charge is 2.53. The fraction of sp³-hybridized carbons (Fsp3) is 0.571. The van der Waals surface area contributed by atoms with Crippen LogP contribution in [0.3, 0.4) is 0 Å². The van der Waals surface area contributed by atoms with Crippen LogP contribution in [0.25, 0.3) is 0 Å². The largest absolute Gasteiger partial charge is 0.499 e. The SMILES string of the molecule is CC(C#N)c1nccc(F)c1B1OC(C)(C)C(C)(C)O1. The summed E-state index contributed by atoms with van der Waals surface area (Å²) in [6.07, 6.45) is 1.35. The Morgan fingerprint density at radius 3 is 2.35 bits per heavy atom. The second kappa shape index (κ2) is 4.83. The van der Waals surface area contributed by atoms with Gasteiger partial charge in [-0.05, 0) is 40.7 Å². The number of aromatic nitrogens is 1. The van der Waals surface area contributed by atoms with Crippen LogP contribution in [0.1, 0.15) is 46.2 Å². The predicted molar refractivity (Wildman–Crippen MR) is 73.9 cm³/mol. The number of nitrogens with zero attached hydrogens (tertiary/aromatic N) is 2. The molecule has 20 heavy (non-hydrogen) atoms. The fourth-order valence-corrected chi connectivity index (χ4v) is 2.07. The molecule has 1 aromatic rings. The minimum Gasteiger partial charge on any atom is -0.399 e. The number of nitriles is 1. The topological polar surface area (TPSA) is 55.1 Å². The Morgan fingerprint density at radius 2 is 1.85 bits per heavy atom. The molecule has 1 aliphatic rings. The maximum absolute atomic E-state index is 14.2. The van der Waals surface area contributed by atoms with Crippen molar-refractivity contribution < 1.29 is 13.7 Å². The Balaban J connectivity index is 2.48. The molecule has 2 heterocycles. The molecule has 1 fully saturated rings. The molecule has 0 bridgehead atoms. The molecule has 0 saturated carbocycles. The zero-order valence-electron chi connectivity index (χ0n) is 12.4. The van der Waals surface area contributed by atoms with Gasteiger partial charge in [-0.15, -0.1) is 0 Å². The second-order valence-corrected chi connectivity index (χ2v) is 6.03. The first-order chi connectivity index (χ1) is 9.19. The van der Waals surface area contributed by atoms with Gasteiger partial charge in [-0.3, -0.25) is 4.98 Å². The molecule has 1 aromatic heterocycles. The molecule has 0 spiro atoms. The van der Waals surface area contributed by atoms with Crippen molar-refractivity contribution >= 4 is 12.6 Å². The average molecular weight is 276 g/mol. The number of halogens is 1. The lowest BCUT2D eigenvalue weighted by molar-refractivity contribution is 0.00578. The van der Waals surface area contributed by atoms with Gasteiger partial charge in [0.25, 0.3) is 0 Å². The van der Waals surface area contributed by atoms with Gasteiger partial charge in [0, 0.05) is 11.7 Å². The first-order valence-corrected chi connectivity index (χ1v) is 6.59. The minimum absolute atomic E-state index is 0.222. The van der Waals surface area contributed by atoms with Gasteiger partial charge in [0.2, 0.25) is 0 Å². The Bertz CT molecular complexity index is 553. The predicted octanol–water partition coefficient (Wildman–Crippen LogP) is 2.15. The van der Waals surface area contributed by atoms with Gasteiger partial charge in [-0.2, -0.15) is 5.26 Å². The summed E-state index contributed by atoms with van der Waals surface area (Å²) >= 11 is 0. The number of rotatable bonds is 2. The van der Waals surface area contributed by atoms with Crippen molar-refractivity contribution in [2.24, 2.45) is 0 Å². The second-order valence-electron chi connectivity index (χ2n) is 6.03. The van der Waals surface area contributed by atoms with E-state index in [0.29, 0.717) is 5.69 Å². The Kier molecular flexibility index (Phi) is 3.61. The van der Waals surface area contributed by atoms with Crippen LogP contribution in [0.2, 0.25) is 0 Å². The van der Waals surface area contributed by atoms with E-state index in [1.54, 1.807) is 6.92 Å². The third-order valence-electron chi connectivity index (χ3n) is 4.06. The van der Waals surface area contributed by atoms with Crippen LogP contribution in [0.5, 0.6) is 0 Å². The number of hydrogen-bond acceptors (Lipinski definition) is 4. The molecule has 1 saturated heterocycles. The standard InChI is InChI=1S/C14H18BFN2O2/c1-9(8-17)12-11(10(16)6-7-18-12)15-19-13(2,3)14(4,5)20-15/h6-7,9H,1-5H3. The van der Waals surface area contributed by atoms with Crippen molar-refractivity contribution in [3.63, 3.8) is 0 Å². The molecule has 106 valence electrons. The summed E-state index contributed by atoms with van der Waals surface area (Å²) in [7, 11) is -0.848. The van der Waals surface area contributed by atoms with Crippen LogP contribution in [-0.2, 0) is 9.31 Å². The summed E-state index contributed by atoms with van der Waals surface area (Å²) in [5, 5.41) is 9.06. The fourth-order valence-electron chi connectivity index (χ4n) is 2.07. The molecule has 2 rings (SSSR count). The molecule has 0 radical (unpaired) electrons. The summed E-state index contributed by atoms with van der Waals surface area (Å²) in [6.45, 7) is 9.27. The monoisotopic (exact) mass is 276 g/mol. The van der Waals surface area contributed by atoms with E-state index in [9.17, 15) is 4.39 Å². The van der Waals surface area contributed by atoms with E-state index in [1.807, 2.05) is 27.7 Å². The van der Waals surface area contributed by atoms with Crippen molar-refractivity contribution in [3.05, 3.63) is 23.8 Å². The van der Waals surface area contributed by atoms with Gasteiger partial charge in [-0.1, -0.05) is 0 Å². The Morgan fingerprint density at radius 1 is 1.30 bits per heavy atom. The summed E-state index contributed by atoms with van der Waals surface area (Å²) in [4.78, 5) is 4.13. The maximum Gasteiger partial charge on any atom is 0.499 e. The third-order valence-corrected chi connectivity index (χ3v) is 4.06. The summed E-state index contributed by atoms with van der Waals surface area (Å²) in [5.74, 6) is -0.990. The van der Waals surface area contributed by atoms with Crippen LogP contribution >= 0.6 is 0 Å². The van der Waals surface area contributed by atoms with Gasteiger partial charge in [0.05, 0.1) is 28.9 Å². The Labute approximate surface area is 119 Å². The molecule has 1 aliphatic heterocycles. The smallest absolute Gasteiger partial charge is 0.399 e. The van der Waals surface area contributed by atoms with Gasteiger partial charge < -0.3 is 9.31 Å². The summed E-state index contributed by atoms with van der Waals surface area (Å²) in [6, 6.07) is 3.33. The van der Waals surface area contributed by atoms with Crippen LogP contribution < -0.4 is 5.46 Å². The quantitative estimate of drug-likeness (QED) is 0.776. The molecular weight excluding hydrogens is 258 g/mol. The van der Waals surface area contributed by atoms with Gasteiger partial charge >= 0.3 is 7.12 Å². The molecule has 1 atom stereocenters. The van der Waals surface area contributed by atoms with Gasteiger partial charge in [0.1, 0.15) is 5.82 Å². The van der Waals surface area contributed by atoms with Crippen molar-refractivity contribution in [3.8, 4) is 6.07 Å². The first-order valence-electron chi connectivity index (χ1n) is 6.59. The number of hydrogen-bond donors (Lipinski definition) is 0. The lowest BCUT2D eigenvalue weighted by Crippen LogP contribution is -2.41. The number of pyridine rings is 1. The molecule has 1 unspecified atom stereocenters. The van der Waals surface area contributed by atoms with Crippen molar-refractivity contribution in [2.75, 3.05) is 0 Å². The van der Waals surface area contributed by atoms with Gasteiger partial charge in [-0.25, -0.2) is 4.39 Å². The van der Waals surface area contributed by atoms with Crippen molar-refractivity contribution in [1.82, 2.24) is 4.98 Å². The zero-order valence-corrected chi connectivity index (χ0v) is 12.4. The van der Waals surface area contributed by atoms with Gasteiger partial charge in [0.15, 0.2) is 0 Å². The molecule has 0 N–H and O–H groups in total. The van der Waals surface area contributed by atoms with Crippen LogP contribution in [0, 0.1) is 17.1 Å². The molecule has 6 heteroatoms. The highest BCUT2D eigenvalue weighted by Crippen LogP contribution is 2.37. The third kappa shape index (κ3) is 2.32. The Hall–Kier alpha value is -1.45. The van der Waals surface area contributed by atoms with Crippen LogP contribution in [0.15, 0.2) is 12.3 Å². The summed E-state index contributed by atoms with van der Waals surface area (Å²) < 4.78 is 25.9. The van der Waals surface area contributed by atoms with Crippen molar-refractivity contribution in [1.29, 1.82) is 5.26 Å². The average Bonchev–Trinajstić information content (AvgIpc) is 2.56. The van der Waals surface area contributed by atoms with E-state index in [1.165, 1.54) is 12.3 Å². The molecular formula is C14H18BFN2O2. The maximum atomic E-state index is 14.2. The zero-order chi connectivity index (χ0) is 15.1. The molecule has 0 aromatic carbocycles. The highest BCUT2D eigenvalue weighted by molar-refractivity contribution is 6.62. The normalized spacial score (nSPS) is 21.6. The molecule has 0 aliphatic carbocycles. The first kappa shape index (κ1) is 15.0. The summed E-state index contributed by atoms with van der Waals surface area (Å²) in [5.41, 5.74) is -0.536. The van der Waals surface area contributed by atoms with Crippen molar-refractivity contribution in [2.45, 2.75) is 51.7 Å². The highest BCUT2D eigenvalue weighted by atomic mass is 19.1.